The van der Waals surface area contributed by atoms with E-state index in [0.29, 0.717) is 13.0 Å². The number of β-amino-alcohol motifs (C(OH)–C–C–N with tert-alkyl or cyclic N) is 1. The highest BCUT2D eigenvalue weighted by Crippen LogP contribution is 2.13. The molecule has 2 aliphatic rings. The van der Waals surface area contributed by atoms with Crippen LogP contribution in [0.1, 0.15) is 6.42 Å². The minimum atomic E-state index is -0.274. The van der Waals surface area contributed by atoms with Gasteiger partial charge in [0.25, 0.3) is 0 Å². The maximum atomic E-state index is 11.5. The van der Waals surface area contributed by atoms with Crippen LogP contribution in [0.2, 0.25) is 0 Å². The zero-order valence-electron chi connectivity index (χ0n) is 9.19. The Morgan fingerprint density at radius 2 is 1.94 bits per heavy atom. The molecule has 1 unspecified atom stereocenters. The summed E-state index contributed by atoms with van der Waals surface area (Å²) in [7, 11) is 0. The van der Waals surface area contributed by atoms with Crippen LogP contribution >= 0.6 is 0 Å². The number of carbonyl (C=O) groups excluding carboxylic acids is 2. The number of aliphatic hydroxyl groups excluding tert-OH is 1. The molecule has 0 bridgehead atoms. The third-order valence-corrected chi connectivity index (χ3v) is 3.21. The summed E-state index contributed by atoms with van der Waals surface area (Å²) in [5.41, 5.74) is 0. The van der Waals surface area contributed by atoms with Gasteiger partial charge in [0.15, 0.2) is 0 Å². The van der Waals surface area contributed by atoms with Gasteiger partial charge in [-0.25, -0.2) is 0 Å². The topological polar surface area (TPSA) is 72.9 Å². The number of aliphatic hydroxyl groups is 1. The Balaban J connectivity index is 1.85. The van der Waals surface area contributed by atoms with Crippen molar-refractivity contribution in [3.63, 3.8) is 0 Å². The summed E-state index contributed by atoms with van der Waals surface area (Å²) >= 11 is 0. The molecule has 6 nitrogen and oxygen atoms in total. The standard InChI is InChI=1S/C10H17N3O3/c14-6-5-12-1-3-13(4-2-12)8-7-9(15)11-10(8)16/h8,14H,1-7H2,(H,11,15,16). The molecule has 2 amide bonds. The number of hydrogen-bond acceptors (Lipinski definition) is 5. The highest BCUT2D eigenvalue weighted by atomic mass is 16.3. The minimum absolute atomic E-state index is 0.166. The van der Waals surface area contributed by atoms with E-state index in [1.807, 2.05) is 4.90 Å². The average molecular weight is 227 g/mol. The van der Waals surface area contributed by atoms with E-state index in [1.165, 1.54) is 0 Å². The average Bonchev–Trinajstić information content (AvgIpc) is 2.59. The summed E-state index contributed by atoms with van der Waals surface area (Å²) in [6, 6.07) is -0.274. The lowest BCUT2D eigenvalue weighted by molar-refractivity contribution is -0.126. The Bertz CT molecular complexity index is 287. The van der Waals surface area contributed by atoms with Crippen molar-refractivity contribution in [3.05, 3.63) is 0 Å². The minimum Gasteiger partial charge on any atom is -0.395 e. The van der Waals surface area contributed by atoms with E-state index in [2.05, 4.69) is 10.2 Å². The lowest BCUT2D eigenvalue weighted by Gasteiger charge is -2.36. The van der Waals surface area contributed by atoms with E-state index in [0.717, 1.165) is 26.2 Å². The Kier molecular flexibility index (Phi) is 3.52. The van der Waals surface area contributed by atoms with Crippen LogP contribution in [0.4, 0.5) is 0 Å². The van der Waals surface area contributed by atoms with Crippen molar-refractivity contribution in [2.24, 2.45) is 0 Å². The smallest absolute Gasteiger partial charge is 0.244 e. The van der Waals surface area contributed by atoms with Crippen LogP contribution < -0.4 is 5.32 Å². The molecule has 2 fully saturated rings. The van der Waals surface area contributed by atoms with Gasteiger partial charge in [-0.1, -0.05) is 0 Å². The zero-order chi connectivity index (χ0) is 11.5. The first-order valence-electron chi connectivity index (χ1n) is 5.61. The third kappa shape index (κ3) is 2.40. The molecule has 0 aromatic heterocycles. The van der Waals surface area contributed by atoms with Crippen LogP contribution in [-0.2, 0) is 9.59 Å². The summed E-state index contributed by atoms with van der Waals surface area (Å²) in [4.78, 5) is 26.7. The fourth-order valence-electron chi connectivity index (χ4n) is 2.28. The lowest BCUT2D eigenvalue weighted by Crippen LogP contribution is -2.52. The predicted octanol–water partition coefficient (Wildman–Crippen LogP) is -1.99. The first-order valence-corrected chi connectivity index (χ1v) is 5.61. The second kappa shape index (κ2) is 4.90. The molecule has 0 radical (unpaired) electrons. The number of piperazine rings is 1. The van der Waals surface area contributed by atoms with Gasteiger partial charge in [0.2, 0.25) is 11.8 Å². The van der Waals surface area contributed by atoms with Crippen LogP contribution in [0.25, 0.3) is 0 Å². The van der Waals surface area contributed by atoms with Crippen molar-refractivity contribution < 1.29 is 14.7 Å². The number of amides is 2. The molecule has 2 heterocycles. The van der Waals surface area contributed by atoms with Crippen molar-refractivity contribution in [2.75, 3.05) is 39.3 Å². The van der Waals surface area contributed by atoms with E-state index < -0.39 is 0 Å². The highest BCUT2D eigenvalue weighted by Gasteiger charge is 2.36. The van der Waals surface area contributed by atoms with Gasteiger partial charge in [-0.3, -0.25) is 24.7 Å². The van der Waals surface area contributed by atoms with Crippen molar-refractivity contribution in [1.29, 1.82) is 0 Å². The molecule has 0 aromatic rings. The highest BCUT2D eigenvalue weighted by molar-refractivity contribution is 6.05. The van der Waals surface area contributed by atoms with Crippen LogP contribution in [0.5, 0.6) is 0 Å². The normalized spacial score (nSPS) is 28.4. The summed E-state index contributed by atoms with van der Waals surface area (Å²) in [5, 5.41) is 11.1. The number of rotatable bonds is 3. The molecule has 0 aromatic carbocycles. The van der Waals surface area contributed by atoms with E-state index >= 15 is 0 Å². The largest absolute Gasteiger partial charge is 0.395 e. The zero-order valence-corrected chi connectivity index (χ0v) is 9.19. The first kappa shape index (κ1) is 11.5. The fourth-order valence-corrected chi connectivity index (χ4v) is 2.28. The van der Waals surface area contributed by atoms with E-state index in [4.69, 9.17) is 5.11 Å². The summed E-state index contributed by atoms with van der Waals surface area (Å²) < 4.78 is 0. The molecule has 2 N–H and O–H groups in total. The summed E-state index contributed by atoms with van der Waals surface area (Å²) in [6.07, 6.45) is 0.291. The predicted molar refractivity (Wildman–Crippen MR) is 56.7 cm³/mol. The Morgan fingerprint density at radius 3 is 2.44 bits per heavy atom. The number of hydrogen-bond donors (Lipinski definition) is 2. The third-order valence-electron chi connectivity index (χ3n) is 3.21. The van der Waals surface area contributed by atoms with Gasteiger partial charge in [-0.05, 0) is 0 Å². The molecule has 0 saturated carbocycles. The molecule has 16 heavy (non-hydrogen) atoms. The van der Waals surface area contributed by atoms with Gasteiger partial charge in [0.1, 0.15) is 0 Å². The fraction of sp³-hybridized carbons (Fsp3) is 0.800. The molecular weight excluding hydrogens is 210 g/mol. The van der Waals surface area contributed by atoms with E-state index in [-0.39, 0.29) is 24.5 Å². The second-order valence-corrected chi connectivity index (χ2v) is 4.23. The molecule has 0 aliphatic carbocycles. The van der Waals surface area contributed by atoms with Gasteiger partial charge in [0.05, 0.1) is 19.1 Å². The van der Waals surface area contributed by atoms with Gasteiger partial charge in [-0.2, -0.15) is 0 Å². The SMILES string of the molecule is O=C1CC(N2CCN(CCO)CC2)C(=O)N1. The van der Waals surface area contributed by atoms with Gasteiger partial charge >= 0.3 is 0 Å². The maximum absolute atomic E-state index is 11.5. The molecular formula is C10H17N3O3. The van der Waals surface area contributed by atoms with Crippen molar-refractivity contribution >= 4 is 11.8 Å². The van der Waals surface area contributed by atoms with Crippen LogP contribution in [0.3, 0.4) is 0 Å². The Morgan fingerprint density at radius 1 is 1.25 bits per heavy atom. The summed E-state index contributed by atoms with van der Waals surface area (Å²) in [5.74, 6) is -0.339. The Hall–Kier alpha value is -0.980. The maximum Gasteiger partial charge on any atom is 0.244 e. The number of nitrogens with zero attached hydrogens (tertiary/aromatic N) is 2. The number of nitrogens with one attached hydrogen (secondary N) is 1. The van der Waals surface area contributed by atoms with Crippen LogP contribution in [0, 0.1) is 0 Å². The lowest BCUT2D eigenvalue weighted by atomic mass is 10.2. The van der Waals surface area contributed by atoms with Gasteiger partial charge in [-0.15, -0.1) is 0 Å². The molecule has 90 valence electrons. The Labute approximate surface area is 94.2 Å². The molecule has 6 heteroatoms. The second-order valence-electron chi connectivity index (χ2n) is 4.23. The van der Waals surface area contributed by atoms with Crippen LogP contribution in [-0.4, -0.2) is 72.1 Å². The number of carbonyl (C=O) groups is 2. The molecule has 0 spiro atoms. The molecule has 2 saturated heterocycles. The monoisotopic (exact) mass is 227 g/mol. The first-order chi connectivity index (χ1) is 7.70. The van der Waals surface area contributed by atoms with Crippen molar-refractivity contribution in [1.82, 2.24) is 15.1 Å². The quantitative estimate of drug-likeness (QED) is 0.546. The van der Waals surface area contributed by atoms with Crippen molar-refractivity contribution in [3.8, 4) is 0 Å². The molecule has 2 rings (SSSR count). The van der Waals surface area contributed by atoms with Gasteiger partial charge in [0, 0.05) is 32.7 Å². The van der Waals surface area contributed by atoms with Gasteiger partial charge < -0.3 is 5.11 Å². The van der Waals surface area contributed by atoms with Crippen molar-refractivity contribution in [2.45, 2.75) is 12.5 Å². The van der Waals surface area contributed by atoms with Crippen LogP contribution in [0.15, 0.2) is 0 Å². The van der Waals surface area contributed by atoms with E-state index in [9.17, 15) is 9.59 Å². The summed E-state index contributed by atoms with van der Waals surface area (Å²) in [6.45, 7) is 4.11. The van der Waals surface area contributed by atoms with E-state index in [1.54, 1.807) is 0 Å². The molecule has 2 aliphatic heterocycles. The molecule has 1 atom stereocenters. The number of imide groups is 1.